The Morgan fingerprint density at radius 1 is 1.16 bits per heavy atom. The number of thioether (sulfide) groups is 1. The van der Waals surface area contributed by atoms with Crippen LogP contribution >= 0.6 is 24.2 Å². The summed E-state index contributed by atoms with van der Waals surface area (Å²) < 4.78 is 27.6. The molecule has 1 aliphatic heterocycles. The summed E-state index contributed by atoms with van der Waals surface area (Å²) in [4.78, 5) is 1.02. The van der Waals surface area contributed by atoms with Crippen LogP contribution in [-0.2, 0) is 10.0 Å². The van der Waals surface area contributed by atoms with Crippen LogP contribution < -0.4 is 9.62 Å². The summed E-state index contributed by atoms with van der Waals surface area (Å²) in [6, 6.07) is 15.4. The van der Waals surface area contributed by atoms with E-state index in [0.717, 1.165) is 29.1 Å². The van der Waals surface area contributed by atoms with Crippen LogP contribution in [0.5, 0.6) is 0 Å². The number of sulfonamides is 1. The summed E-state index contributed by atoms with van der Waals surface area (Å²) in [5.74, 6) is 0. The molecule has 2 aromatic rings. The number of hydrogen-bond donors (Lipinski definition) is 1. The molecule has 1 atom stereocenters. The fourth-order valence-electron chi connectivity index (χ4n) is 2.88. The SMILES string of the molecule is CNCCCC1Sc2ccccc2N(c2cccc(C)c2)S1(=O)=O.Cl. The van der Waals surface area contributed by atoms with Crippen molar-refractivity contribution < 1.29 is 8.42 Å². The van der Waals surface area contributed by atoms with Crippen LogP contribution in [0.3, 0.4) is 0 Å². The van der Waals surface area contributed by atoms with Gasteiger partial charge >= 0.3 is 0 Å². The average Bonchev–Trinajstić information content (AvgIpc) is 2.55. The number of halogens is 1. The maximum Gasteiger partial charge on any atom is 0.252 e. The van der Waals surface area contributed by atoms with Gasteiger partial charge in [0.25, 0.3) is 10.0 Å². The topological polar surface area (TPSA) is 49.4 Å². The summed E-state index contributed by atoms with van der Waals surface area (Å²) in [6.45, 7) is 2.80. The monoisotopic (exact) mass is 398 g/mol. The van der Waals surface area contributed by atoms with Gasteiger partial charge in [0.2, 0.25) is 0 Å². The summed E-state index contributed by atoms with van der Waals surface area (Å²) in [6.07, 6.45) is 1.46. The van der Waals surface area contributed by atoms with E-state index in [1.807, 2.05) is 62.5 Å². The lowest BCUT2D eigenvalue weighted by Crippen LogP contribution is -2.37. The second-order valence-corrected chi connectivity index (χ2v) is 9.42. The quantitative estimate of drug-likeness (QED) is 0.762. The lowest BCUT2D eigenvalue weighted by molar-refractivity contribution is 0.584. The third-order valence-electron chi connectivity index (χ3n) is 4.03. The fourth-order valence-corrected chi connectivity index (χ4v) is 6.53. The Morgan fingerprint density at radius 2 is 1.92 bits per heavy atom. The van der Waals surface area contributed by atoms with Gasteiger partial charge in [0.1, 0.15) is 4.58 Å². The molecule has 0 saturated carbocycles. The Morgan fingerprint density at radius 3 is 2.64 bits per heavy atom. The summed E-state index contributed by atoms with van der Waals surface area (Å²) in [7, 11) is -1.57. The molecule has 0 spiro atoms. The van der Waals surface area contributed by atoms with Gasteiger partial charge in [-0.2, -0.15) is 0 Å². The molecule has 1 N–H and O–H groups in total. The van der Waals surface area contributed by atoms with E-state index in [1.165, 1.54) is 16.1 Å². The van der Waals surface area contributed by atoms with Gasteiger partial charge in [-0.1, -0.05) is 24.3 Å². The van der Waals surface area contributed by atoms with E-state index in [0.29, 0.717) is 12.1 Å². The Hall–Kier alpha value is -1.21. The number of nitrogens with one attached hydrogen (secondary N) is 1. The first-order valence-electron chi connectivity index (χ1n) is 8.05. The van der Waals surface area contributed by atoms with E-state index in [9.17, 15) is 8.42 Å². The highest BCUT2D eigenvalue weighted by Crippen LogP contribution is 2.47. The maximum atomic E-state index is 13.3. The van der Waals surface area contributed by atoms with Crippen LogP contribution in [0, 0.1) is 6.92 Å². The first kappa shape index (κ1) is 20.1. The largest absolute Gasteiger partial charge is 0.320 e. The van der Waals surface area contributed by atoms with Crippen LogP contribution in [0.15, 0.2) is 53.4 Å². The molecule has 1 unspecified atom stereocenters. The van der Waals surface area contributed by atoms with E-state index in [4.69, 9.17) is 0 Å². The molecule has 0 amide bonds. The molecule has 1 heterocycles. The van der Waals surface area contributed by atoms with Crippen molar-refractivity contribution in [3.63, 3.8) is 0 Å². The molecule has 2 aromatic carbocycles. The first-order chi connectivity index (χ1) is 11.5. The molecule has 7 heteroatoms. The Labute approximate surface area is 160 Å². The molecule has 0 aliphatic carbocycles. The van der Waals surface area contributed by atoms with E-state index >= 15 is 0 Å². The van der Waals surface area contributed by atoms with Gasteiger partial charge in [0.05, 0.1) is 11.4 Å². The number of hydrogen-bond acceptors (Lipinski definition) is 4. The van der Waals surface area contributed by atoms with Gasteiger partial charge in [-0.05, 0) is 63.2 Å². The van der Waals surface area contributed by atoms with E-state index in [2.05, 4.69) is 5.32 Å². The molecule has 136 valence electrons. The molecule has 0 saturated heterocycles. The van der Waals surface area contributed by atoms with Gasteiger partial charge in [0.15, 0.2) is 0 Å². The standard InChI is InChI=1S/C18H22N2O2S2.ClH/c1-14-7-5-8-15(13-14)20-16-9-3-4-10-17(16)23-18(24(20,21)22)11-6-12-19-2;/h3-5,7-10,13,18-19H,6,11-12H2,1-2H3;1H. The lowest BCUT2D eigenvalue weighted by atomic mass is 10.2. The zero-order valence-electron chi connectivity index (χ0n) is 14.3. The molecule has 0 radical (unpaired) electrons. The molecule has 4 nitrogen and oxygen atoms in total. The van der Waals surface area contributed by atoms with Crippen molar-refractivity contribution in [3.05, 3.63) is 54.1 Å². The minimum absolute atomic E-state index is 0. The van der Waals surface area contributed by atoms with Crippen molar-refractivity contribution in [2.45, 2.75) is 29.2 Å². The molecule has 0 bridgehead atoms. The van der Waals surface area contributed by atoms with E-state index in [1.54, 1.807) is 0 Å². The smallest absolute Gasteiger partial charge is 0.252 e. The van der Waals surface area contributed by atoms with Crippen molar-refractivity contribution in [1.82, 2.24) is 5.32 Å². The van der Waals surface area contributed by atoms with Crippen LogP contribution in [0.4, 0.5) is 11.4 Å². The van der Waals surface area contributed by atoms with Gasteiger partial charge in [-0.3, -0.25) is 0 Å². The number of benzene rings is 2. The third-order valence-corrected chi connectivity index (χ3v) is 7.96. The normalized spacial score (nSPS) is 18.3. The van der Waals surface area contributed by atoms with E-state index in [-0.39, 0.29) is 12.4 Å². The molecule has 25 heavy (non-hydrogen) atoms. The molecular formula is C18H23ClN2O2S2. The fraction of sp³-hybridized carbons (Fsp3) is 0.333. The zero-order valence-corrected chi connectivity index (χ0v) is 16.8. The second-order valence-electron chi connectivity index (χ2n) is 5.91. The number of aryl methyl sites for hydroxylation is 1. The molecule has 0 fully saturated rings. The van der Waals surface area contributed by atoms with Crippen LogP contribution in [0.1, 0.15) is 18.4 Å². The second kappa shape index (κ2) is 8.45. The van der Waals surface area contributed by atoms with Gasteiger partial charge < -0.3 is 5.32 Å². The number of fused-ring (bicyclic) bond motifs is 1. The van der Waals surface area contributed by atoms with Crippen molar-refractivity contribution >= 4 is 45.6 Å². The van der Waals surface area contributed by atoms with Crippen LogP contribution in [0.2, 0.25) is 0 Å². The predicted octanol–water partition coefficient (Wildman–Crippen LogP) is 4.32. The third kappa shape index (κ3) is 4.14. The van der Waals surface area contributed by atoms with Gasteiger partial charge in [-0.25, -0.2) is 12.7 Å². The Bertz CT molecular complexity index is 827. The minimum atomic E-state index is -3.46. The van der Waals surface area contributed by atoms with E-state index < -0.39 is 14.6 Å². The molecule has 3 rings (SSSR count). The number of para-hydroxylation sites is 1. The highest BCUT2D eigenvalue weighted by atomic mass is 35.5. The van der Waals surface area contributed by atoms with Crippen molar-refractivity contribution in [2.75, 3.05) is 17.9 Å². The first-order valence-corrected chi connectivity index (χ1v) is 10.4. The molecule has 0 aromatic heterocycles. The molecular weight excluding hydrogens is 376 g/mol. The van der Waals surface area contributed by atoms with Gasteiger partial charge in [-0.15, -0.1) is 24.2 Å². The lowest BCUT2D eigenvalue weighted by Gasteiger charge is -2.35. The van der Waals surface area contributed by atoms with Crippen molar-refractivity contribution in [3.8, 4) is 0 Å². The Balaban J connectivity index is 0.00000225. The van der Waals surface area contributed by atoms with Crippen molar-refractivity contribution in [1.29, 1.82) is 0 Å². The van der Waals surface area contributed by atoms with Crippen LogP contribution in [0.25, 0.3) is 0 Å². The molecule has 1 aliphatic rings. The highest BCUT2D eigenvalue weighted by Gasteiger charge is 2.39. The van der Waals surface area contributed by atoms with Gasteiger partial charge in [0, 0.05) is 4.90 Å². The summed E-state index contributed by atoms with van der Waals surface area (Å²) in [5, 5.41) is 3.09. The average molecular weight is 399 g/mol. The predicted molar refractivity (Wildman–Crippen MR) is 109 cm³/mol. The minimum Gasteiger partial charge on any atom is -0.320 e. The maximum absolute atomic E-state index is 13.3. The number of rotatable bonds is 5. The van der Waals surface area contributed by atoms with Crippen LogP contribution in [-0.4, -0.2) is 26.6 Å². The Kier molecular flexibility index (Phi) is 6.79. The highest BCUT2D eigenvalue weighted by molar-refractivity contribution is 8.14. The summed E-state index contributed by atoms with van der Waals surface area (Å²) in [5.41, 5.74) is 2.50. The number of nitrogens with zero attached hydrogens (tertiary/aromatic N) is 1. The zero-order chi connectivity index (χ0) is 17.2. The summed E-state index contributed by atoms with van der Waals surface area (Å²) >= 11 is 1.46. The van der Waals surface area contributed by atoms with Crippen molar-refractivity contribution in [2.24, 2.45) is 0 Å². The number of anilines is 2.